The van der Waals surface area contributed by atoms with Gasteiger partial charge in [0.2, 0.25) is 5.91 Å². The van der Waals surface area contributed by atoms with Gasteiger partial charge in [0, 0.05) is 31.7 Å². The number of carbonyl (C=O) groups is 3. The molecule has 2 amide bonds. The SMILES string of the molecule is O=C(OCC(=O)N1CCc2ccccc21)[C@H]1CC(=O)N(CCc2ccccc2)C1. The molecule has 0 N–H and O–H groups in total. The summed E-state index contributed by atoms with van der Waals surface area (Å²) in [5, 5.41) is 0. The van der Waals surface area contributed by atoms with Crippen LogP contribution in [0.3, 0.4) is 0 Å². The molecule has 150 valence electrons. The summed E-state index contributed by atoms with van der Waals surface area (Å²) in [5.74, 6) is -1.24. The lowest BCUT2D eigenvalue weighted by Gasteiger charge is -2.18. The predicted octanol–water partition coefficient (Wildman–Crippen LogP) is 2.21. The Balaban J connectivity index is 1.26. The second-order valence-corrected chi connectivity index (χ2v) is 7.51. The van der Waals surface area contributed by atoms with Crippen LogP contribution < -0.4 is 4.90 Å². The Morgan fingerprint density at radius 3 is 2.62 bits per heavy atom. The number of hydrogen-bond acceptors (Lipinski definition) is 4. The Hall–Kier alpha value is -3.15. The fraction of sp³-hybridized carbons (Fsp3) is 0.348. The number of carbonyl (C=O) groups excluding carboxylic acids is 3. The molecule has 2 aliphatic heterocycles. The van der Waals surface area contributed by atoms with Gasteiger partial charge in [0.15, 0.2) is 6.61 Å². The lowest BCUT2D eigenvalue weighted by molar-refractivity contribution is -0.151. The van der Waals surface area contributed by atoms with Gasteiger partial charge in [-0.25, -0.2) is 0 Å². The first-order valence-corrected chi connectivity index (χ1v) is 9.98. The van der Waals surface area contributed by atoms with E-state index in [1.807, 2.05) is 54.6 Å². The van der Waals surface area contributed by atoms with Crippen molar-refractivity contribution in [3.8, 4) is 0 Å². The number of para-hydroxylation sites is 1. The zero-order valence-electron chi connectivity index (χ0n) is 16.3. The van der Waals surface area contributed by atoms with Crippen molar-refractivity contribution in [1.29, 1.82) is 0 Å². The van der Waals surface area contributed by atoms with Crippen LogP contribution in [0.15, 0.2) is 54.6 Å². The lowest BCUT2D eigenvalue weighted by Crippen LogP contribution is -2.34. The third kappa shape index (κ3) is 4.31. The summed E-state index contributed by atoms with van der Waals surface area (Å²) in [5.41, 5.74) is 3.17. The van der Waals surface area contributed by atoms with E-state index in [0.29, 0.717) is 19.6 Å². The molecule has 0 spiro atoms. The quantitative estimate of drug-likeness (QED) is 0.707. The molecule has 2 aliphatic rings. The van der Waals surface area contributed by atoms with Crippen LogP contribution in [0.2, 0.25) is 0 Å². The van der Waals surface area contributed by atoms with Gasteiger partial charge in [-0.15, -0.1) is 0 Å². The summed E-state index contributed by atoms with van der Waals surface area (Å²) in [6.45, 7) is 1.24. The van der Waals surface area contributed by atoms with Gasteiger partial charge in [-0.3, -0.25) is 14.4 Å². The van der Waals surface area contributed by atoms with E-state index in [9.17, 15) is 14.4 Å². The minimum Gasteiger partial charge on any atom is -0.455 e. The molecule has 1 fully saturated rings. The molecule has 0 aliphatic carbocycles. The first-order chi connectivity index (χ1) is 14.1. The van der Waals surface area contributed by atoms with Gasteiger partial charge >= 0.3 is 5.97 Å². The first kappa shape index (κ1) is 19.2. The average Bonchev–Trinajstić information content (AvgIpc) is 3.34. The van der Waals surface area contributed by atoms with Gasteiger partial charge in [0.05, 0.1) is 5.92 Å². The fourth-order valence-corrected chi connectivity index (χ4v) is 3.98. The molecular formula is C23H24N2O4. The molecule has 1 saturated heterocycles. The highest BCUT2D eigenvalue weighted by atomic mass is 16.5. The van der Waals surface area contributed by atoms with E-state index < -0.39 is 11.9 Å². The van der Waals surface area contributed by atoms with E-state index in [1.165, 1.54) is 0 Å². The van der Waals surface area contributed by atoms with E-state index in [1.54, 1.807) is 9.80 Å². The van der Waals surface area contributed by atoms with Gasteiger partial charge in [0.25, 0.3) is 5.91 Å². The van der Waals surface area contributed by atoms with Crippen molar-refractivity contribution in [2.24, 2.45) is 5.92 Å². The number of ether oxygens (including phenoxy) is 1. The summed E-state index contributed by atoms with van der Waals surface area (Å²) in [6.07, 6.45) is 1.71. The second kappa shape index (κ2) is 8.47. The highest BCUT2D eigenvalue weighted by Gasteiger charge is 2.35. The van der Waals surface area contributed by atoms with E-state index >= 15 is 0 Å². The molecule has 6 nitrogen and oxygen atoms in total. The molecule has 2 aromatic carbocycles. The van der Waals surface area contributed by atoms with Gasteiger partial charge in [0.1, 0.15) is 0 Å². The van der Waals surface area contributed by atoms with Crippen molar-refractivity contribution < 1.29 is 19.1 Å². The molecule has 0 radical (unpaired) electrons. The van der Waals surface area contributed by atoms with Crippen molar-refractivity contribution in [2.45, 2.75) is 19.3 Å². The average molecular weight is 392 g/mol. The summed E-state index contributed by atoms with van der Waals surface area (Å²) < 4.78 is 5.27. The number of likely N-dealkylation sites (tertiary alicyclic amines) is 1. The normalized spacial score (nSPS) is 18.1. The fourth-order valence-electron chi connectivity index (χ4n) is 3.98. The number of rotatable bonds is 6. The number of amides is 2. The minimum absolute atomic E-state index is 0.0392. The number of benzene rings is 2. The van der Waals surface area contributed by atoms with Crippen molar-refractivity contribution >= 4 is 23.5 Å². The molecule has 6 heteroatoms. The number of anilines is 1. The lowest BCUT2D eigenvalue weighted by atomic mass is 10.1. The van der Waals surface area contributed by atoms with Crippen LogP contribution in [0.1, 0.15) is 17.5 Å². The topological polar surface area (TPSA) is 66.9 Å². The van der Waals surface area contributed by atoms with Crippen LogP contribution in [0.4, 0.5) is 5.69 Å². The van der Waals surface area contributed by atoms with Crippen molar-refractivity contribution in [3.05, 3.63) is 65.7 Å². The van der Waals surface area contributed by atoms with Crippen LogP contribution >= 0.6 is 0 Å². The maximum Gasteiger partial charge on any atom is 0.311 e. The number of esters is 1. The number of hydrogen-bond donors (Lipinski definition) is 0. The number of nitrogens with zero attached hydrogens (tertiary/aromatic N) is 2. The summed E-state index contributed by atoms with van der Waals surface area (Å²) in [6, 6.07) is 17.7. The first-order valence-electron chi connectivity index (χ1n) is 9.98. The molecule has 2 aromatic rings. The van der Waals surface area contributed by atoms with E-state index in [0.717, 1.165) is 29.7 Å². The Bertz CT molecular complexity index is 912. The largest absolute Gasteiger partial charge is 0.455 e. The van der Waals surface area contributed by atoms with Gasteiger partial charge in [-0.1, -0.05) is 48.5 Å². The Morgan fingerprint density at radius 1 is 1.03 bits per heavy atom. The highest BCUT2D eigenvalue weighted by Crippen LogP contribution is 2.27. The van der Waals surface area contributed by atoms with Crippen LogP contribution in [0, 0.1) is 5.92 Å². The van der Waals surface area contributed by atoms with Crippen LogP contribution in [-0.2, 0) is 32.0 Å². The molecule has 29 heavy (non-hydrogen) atoms. The van der Waals surface area contributed by atoms with Gasteiger partial charge in [-0.05, 0) is 30.0 Å². The molecule has 0 unspecified atom stereocenters. The molecule has 2 heterocycles. The molecule has 0 saturated carbocycles. The highest BCUT2D eigenvalue weighted by molar-refractivity contribution is 5.97. The van der Waals surface area contributed by atoms with E-state index in [2.05, 4.69) is 0 Å². The molecule has 4 rings (SSSR count). The summed E-state index contributed by atoms with van der Waals surface area (Å²) in [7, 11) is 0. The third-order valence-corrected chi connectivity index (χ3v) is 5.59. The molecule has 0 bridgehead atoms. The maximum absolute atomic E-state index is 12.5. The standard InChI is InChI=1S/C23H24N2O4/c26-21-14-19(15-24(21)12-10-17-6-2-1-3-7-17)23(28)29-16-22(27)25-13-11-18-8-4-5-9-20(18)25/h1-9,19H,10-16H2/t19-/m0/s1. The smallest absolute Gasteiger partial charge is 0.311 e. The molecule has 1 atom stereocenters. The zero-order valence-corrected chi connectivity index (χ0v) is 16.3. The van der Waals surface area contributed by atoms with Crippen LogP contribution in [0.25, 0.3) is 0 Å². The second-order valence-electron chi connectivity index (χ2n) is 7.51. The third-order valence-electron chi connectivity index (χ3n) is 5.59. The summed E-state index contributed by atoms with van der Waals surface area (Å²) in [4.78, 5) is 40.5. The Kier molecular flexibility index (Phi) is 5.60. The number of fused-ring (bicyclic) bond motifs is 1. The Morgan fingerprint density at radius 2 is 1.79 bits per heavy atom. The molecule has 0 aromatic heterocycles. The molecular weight excluding hydrogens is 368 g/mol. The van der Waals surface area contributed by atoms with Gasteiger partial charge < -0.3 is 14.5 Å². The van der Waals surface area contributed by atoms with Crippen LogP contribution in [0.5, 0.6) is 0 Å². The van der Waals surface area contributed by atoms with Crippen LogP contribution in [-0.4, -0.2) is 48.9 Å². The Labute approximate surface area is 170 Å². The van der Waals surface area contributed by atoms with Gasteiger partial charge in [-0.2, -0.15) is 0 Å². The van der Waals surface area contributed by atoms with Crippen molar-refractivity contribution in [3.63, 3.8) is 0 Å². The van der Waals surface area contributed by atoms with Crippen molar-refractivity contribution in [2.75, 3.05) is 31.1 Å². The predicted molar refractivity (Wildman–Crippen MR) is 108 cm³/mol. The van der Waals surface area contributed by atoms with E-state index in [4.69, 9.17) is 4.74 Å². The summed E-state index contributed by atoms with van der Waals surface area (Å²) >= 11 is 0. The zero-order chi connectivity index (χ0) is 20.2. The minimum atomic E-state index is -0.503. The van der Waals surface area contributed by atoms with E-state index in [-0.39, 0.29) is 24.8 Å². The van der Waals surface area contributed by atoms with Crippen molar-refractivity contribution in [1.82, 2.24) is 4.90 Å². The maximum atomic E-state index is 12.5. The monoisotopic (exact) mass is 392 g/mol.